The van der Waals surface area contributed by atoms with Gasteiger partial charge in [0.15, 0.2) is 0 Å². The third-order valence-corrected chi connectivity index (χ3v) is 2.48. The maximum Gasteiger partial charge on any atom is 0.288 e. The molecule has 0 saturated heterocycles. The molecule has 1 atom stereocenters. The Hall–Kier alpha value is -1.39. The van der Waals surface area contributed by atoms with Crippen molar-refractivity contribution in [3.63, 3.8) is 0 Å². The van der Waals surface area contributed by atoms with Gasteiger partial charge in [0.1, 0.15) is 5.02 Å². The lowest BCUT2D eigenvalue weighted by Gasteiger charge is -2.11. The predicted octanol–water partition coefficient (Wildman–Crippen LogP) is 3.21. The van der Waals surface area contributed by atoms with Crippen LogP contribution in [0, 0.1) is 10.1 Å². The van der Waals surface area contributed by atoms with Gasteiger partial charge in [0.2, 0.25) is 0 Å². The van der Waals surface area contributed by atoms with Gasteiger partial charge in [-0.1, -0.05) is 23.2 Å². The van der Waals surface area contributed by atoms with E-state index in [4.69, 9.17) is 17.3 Å². The summed E-state index contributed by atoms with van der Waals surface area (Å²) in [6.07, 6.45) is 0.596. The molecule has 2 N–H and O–H groups in total. The van der Waals surface area contributed by atoms with E-state index in [2.05, 4.69) is 6.58 Å². The zero-order valence-corrected chi connectivity index (χ0v) is 9.70. The Kier molecular flexibility index (Phi) is 4.04. The van der Waals surface area contributed by atoms with Gasteiger partial charge < -0.3 is 5.73 Å². The zero-order valence-electron chi connectivity index (χ0n) is 8.94. The number of nitrogens with zero attached hydrogens (tertiary/aromatic N) is 1. The van der Waals surface area contributed by atoms with Crippen LogP contribution < -0.4 is 5.73 Å². The SMILES string of the molecule is C=C(C)C[C@H](N)c1ccc(Cl)c([N+](=O)[O-])c1. The molecule has 1 aromatic carbocycles. The first-order chi connectivity index (χ1) is 7.41. The Labute approximate surface area is 98.9 Å². The van der Waals surface area contributed by atoms with Crippen LogP contribution in [0.4, 0.5) is 5.69 Å². The second-order valence-electron chi connectivity index (χ2n) is 3.74. The van der Waals surface area contributed by atoms with Crippen LogP contribution in [0.25, 0.3) is 0 Å². The van der Waals surface area contributed by atoms with Gasteiger partial charge in [0.25, 0.3) is 5.69 Å². The average molecular weight is 241 g/mol. The van der Waals surface area contributed by atoms with E-state index < -0.39 is 4.92 Å². The van der Waals surface area contributed by atoms with Crippen LogP contribution in [0.15, 0.2) is 30.4 Å². The minimum atomic E-state index is -0.515. The number of nitro benzene ring substituents is 1. The van der Waals surface area contributed by atoms with E-state index in [1.54, 1.807) is 6.07 Å². The Morgan fingerprint density at radius 3 is 2.81 bits per heavy atom. The van der Waals surface area contributed by atoms with Crippen molar-refractivity contribution in [3.8, 4) is 0 Å². The summed E-state index contributed by atoms with van der Waals surface area (Å²) < 4.78 is 0. The third kappa shape index (κ3) is 3.05. The van der Waals surface area contributed by atoms with Crippen molar-refractivity contribution in [3.05, 3.63) is 51.1 Å². The monoisotopic (exact) mass is 240 g/mol. The first-order valence-corrected chi connectivity index (χ1v) is 5.13. The number of rotatable bonds is 4. The third-order valence-electron chi connectivity index (χ3n) is 2.16. The van der Waals surface area contributed by atoms with Crippen LogP contribution >= 0.6 is 11.6 Å². The average Bonchev–Trinajstić information content (AvgIpc) is 2.16. The molecule has 0 saturated carbocycles. The second-order valence-corrected chi connectivity index (χ2v) is 4.14. The Morgan fingerprint density at radius 2 is 2.31 bits per heavy atom. The van der Waals surface area contributed by atoms with E-state index >= 15 is 0 Å². The summed E-state index contributed by atoms with van der Waals surface area (Å²) in [5, 5.41) is 10.8. The van der Waals surface area contributed by atoms with Gasteiger partial charge in [-0.15, -0.1) is 6.58 Å². The number of hydrogen-bond acceptors (Lipinski definition) is 3. The molecule has 0 bridgehead atoms. The molecule has 0 aliphatic rings. The lowest BCUT2D eigenvalue weighted by Crippen LogP contribution is -2.10. The smallest absolute Gasteiger partial charge is 0.288 e. The summed E-state index contributed by atoms with van der Waals surface area (Å²) >= 11 is 5.70. The zero-order chi connectivity index (χ0) is 12.3. The van der Waals surface area contributed by atoms with Gasteiger partial charge in [-0.2, -0.15) is 0 Å². The largest absolute Gasteiger partial charge is 0.324 e. The topological polar surface area (TPSA) is 69.2 Å². The van der Waals surface area contributed by atoms with Gasteiger partial charge >= 0.3 is 0 Å². The maximum absolute atomic E-state index is 10.7. The minimum absolute atomic E-state index is 0.115. The van der Waals surface area contributed by atoms with Crippen molar-refractivity contribution < 1.29 is 4.92 Å². The summed E-state index contributed by atoms with van der Waals surface area (Å²) in [4.78, 5) is 10.2. The number of nitro groups is 1. The van der Waals surface area contributed by atoms with E-state index in [9.17, 15) is 10.1 Å². The van der Waals surface area contributed by atoms with E-state index in [0.29, 0.717) is 12.0 Å². The molecule has 0 fully saturated rings. The summed E-state index contributed by atoms with van der Waals surface area (Å²) in [7, 11) is 0. The Bertz CT molecular complexity index is 432. The summed E-state index contributed by atoms with van der Waals surface area (Å²) in [6, 6.07) is 4.32. The molecule has 5 heteroatoms. The van der Waals surface area contributed by atoms with Crippen LogP contribution in [-0.4, -0.2) is 4.92 Å². The highest BCUT2D eigenvalue weighted by molar-refractivity contribution is 6.32. The lowest BCUT2D eigenvalue weighted by molar-refractivity contribution is -0.384. The van der Waals surface area contributed by atoms with Gasteiger partial charge in [-0.05, 0) is 25.0 Å². The number of benzene rings is 1. The standard InChI is InChI=1S/C11H13ClN2O2/c1-7(2)5-10(13)8-3-4-9(12)11(6-8)14(15)16/h3-4,6,10H,1,5,13H2,2H3/t10-/m0/s1. The second kappa shape index (κ2) is 5.09. The molecule has 16 heavy (non-hydrogen) atoms. The van der Waals surface area contributed by atoms with Gasteiger partial charge in [-0.3, -0.25) is 10.1 Å². The molecular formula is C11H13ClN2O2. The maximum atomic E-state index is 10.7. The molecule has 86 valence electrons. The molecule has 1 rings (SSSR count). The molecule has 0 aliphatic carbocycles. The van der Waals surface area contributed by atoms with Crippen molar-refractivity contribution in [1.82, 2.24) is 0 Å². The van der Waals surface area contributed by atoms with Crippen LogP contribution in [-0.2, 0) is 0 Å². The fourth-order valence-electron chi connectivity index (χ4n) is 1.39. The highest BCUT2D eigenvalue weighted by Crippen LogP contribution is 2.28. The quantitative estimate of drug-likeness (QED) is 0.499. The normalized spacial score (nSPS) is 12.2. The summed E-state index contributed by atoms with van der Waals surface area (Å²) in [5.41, 5.74) is 7.40. The Morgan fingerprint density at radius 1 is 1.69 bits per heavy atom. The molecule has 0 aliphatic heterocycles. The molecule has 0 spiro atoms. The number of hydrogen-bond donors (Lipinski definition) is 1. The van der Waals surface area contributed by atoms with Crippen LogP contribution in [0.3, 0.4) is 0 Å². The first-order valence-electron chi connectivity index (χ1n) is 4.75. The summed E-state index contributed by atoms with van der Waals surface area (Å²) in [5.74, 6) is 0. The van der Waals surface area contributed by atoms with E-state index in [0.717, 1.165) is 5.57 Å². The fourth-order valence-corrected chi connectivity index (χ4v) is 1.58. The molecule has 0 aromatic heterocycles. The van der Waals surface area contributed by atoms with Crippen molar-refractivity contribution in [2.45, 2.75) is 19.4 Å². The molecule has 4 nitrogen and oxygen atoms in total. The van der Waals surface area contributed by atoms with Crippen molar-refractivity contribution in [2.75, 3.05) is 0 Å². The highest BCUT2D eigenvalue weighted by atomic mass is 35.5. The van der Waals surface area contributed by atoms with Crippen molar-refractivity contribution in [2.24, 2.45) is 5.73 Å². The minimum Gasteiger partial charge on any atom is -0.324 e. The van der Waals surface area contributed by atoms with Gasteiger partial charge in [0.05, 0.1) is 4.92 Å². The number of nitrogens with two attached hydrogens (primary N) is 1. The molecule has 0 unspecified atom stereocenters. The van der Waals surface area contributed by atoms with E-state index in [1.165, 1.54) is 12.1 Å². The molecule has 0 heterocycles. The van der Waals surface area contributed by atoms with E-state index in [1.807, 2.05) is 6.92 Å². The molecule has 1 aromatic rings. The van der Waals surface area contributed by atoms with Gasteiger partial charge in [0, 0.05) is 12.1 Å². The van der Waals surface area contributed by atoms with Crippen molar-refractivity contribution in [1.29, 1.82) is 0 Å². The van der Waals surface area contributed by atoms with Crippen molar-refractivity contribution >= 4 is 17.3 Å². The predicted molar refractivity (Wildman–Crippen MR) is 64.5 cm³/mol. The molecular weight excluding hydrogens is 228 g/mol. The molecule has 0 radical (unpaired) electrons. The summed E-state index contributed by atoms with van der Waals surface area (Å²) in [6.45, 7) is 5.62. The van der Waals surface area contributed by atoms with Crippen LogP contribution in [0.5, 0.6) is 0 Å². The lowest BCUT2D eigenvalue weighted by atomic mass is 10.0. The number of halogens is 1. The molecule has 0 amide bonds. The highest BCUT2D eigenvalue weighted by Gasteiger charge is 2.15. The first kappa shape index (κ1) is 12.7. The van der Waals surface area contributed by atoms with Crippen LogP contribution in [0.2, 0.25) is 5.02 Å². The fraction of sp³-hybridized carbons (Fsp3) is 0.273. The van der Waals surface area contributed by atoms with E-state index in [-0.39, 0.29) is 16.8 Å². The van der Waals surface area contributed by atoms with Gasteiger partial charge in [-0.25, -0.2) is 0 Å². The van der Waals surface area contributed by atoms with Crippen LogP contribution in [0.1, 0.15) is 24.9 Å². The Balaban J connectivity index is 3.02.